The van der Waals surface area contributed by atoms with Gasteiger partial charge in [0.15, 0.2) is 0 Å². The second-order valence-electron chi connectivity index (χ2n) is 7.22. The monoisotopic (exact) mass is 308 g/mol. The molecule has 3 fully saturated rings. The van der Waals surface area contributed by atoms with E-state index in [-0.39, 0.29) is 12.5 Å². The van der Waals surface area contributed by atoms with Crippen LogP contribution in [0, 0.1) is 23.7 Å². The van der Waals surface area contributed by atoms with Crippen LogP contribution in [-0.2, 0) is 9.53 Å². The van der Waals surface area contributed by atoms with Crippen LogP contribution in [0.5, 0.6) is 0 Å². The Balaban J connectivity index is 1.44. The molecule has 22 heavy (non-hydrogen) atoms. The molecule has 3 aliphatic rings. The summed E-state index contributed by atoms with van der Waals surface area (Å²) in [6.07, 6.45) is 11.4. The number of carbonyl (C=O) groups is 1. The van der Waals surface area contributed by atoms with Crippen LogP contribution in [0.25, 0.3) is 0 Å². The predicted octanol–water partition coefficient (Wildman–Crippen LogP) is 3.00. The number of aliphatic hydroxyl groups excluding tert-OH is 1. The number of aliphatic hydroxyl groups is 1. The van der Waals surface area contributed by atoms with Gasteiger partial charge in [-0.3, -0.25) is 4.79 Å². The highest BCUT2D eigenvalue weighted by molar-refractivity contribution is 5.66. The van der Waals surface area contributed by atoms with Crippen molar-refractivity contribution in [3.63, 3.8) is 0 Å². The Bertz CT molecular complexity index is 433. The van der Waals surface area contributed by atoms with E-state index in [0.29, 0.717) is 35.9 Å². The van der Waals surface area contributed by atoms with Gasteiger partial charge in [-0.2, -0.15) is 0 Å². The highest BCUT2D eigenvalue weighted by Gasteiger charge is 2.60. The molecule has 7 atom stereocenters. The maximum atomic E-state index is 10.5. The van der Waals surface area contributed by atoms with Crippen LogP contribution >= 0.6 is 0 Å². The molecule has 2 aliphatic carbocycles. The van der Waals surface area contributed by atoms with Crippen LogP contribution in [0.1, 0.15) is 51.9 Å². The lowest BCUT2D eigenvalue weighted by molar-refractivity contribution is -0.137. The van der Waals surface area contributed by atoms with Crippen LogP contribution in [0.3, 0.4) is 0 Å². The molecule has 0 amide bonds. The van der Waals surface area contributed by atoms with Crippen LogP contribution in [0.2, 0.25) is 0 Å². The summed E-state index contributed by atoms with van der Waals surface area (Å²) in [7, 11) is 0. The Kier molecular flexibility index (Phi) is 4.88. The number of epoxide rings is 1. The van der Waals surface area contributed by atoms with E-state index in [1.54, 1.807) is 0 Å². The summed E-state index contributed by atoms with van der Waals surface area (Å²) in [5.74, 6) is 1.70. The lowest BCUT2D eigenvalue weighted by atomic mass is 9.88. The number of allylic oxidation sites excluding steroid dienone is 1. The van der Waals surface area contributed by atoms with Crippen LogP contribution in [0.15, 0.2) is 12.2 Å². The minimum absolute atomic E-state index is 0.122. The fraction of sp³-hybridized carbons (Fsp3) is 0.833. The maximum Gasteiger partial charge on any atom is 0.303 e. The van der Waals surface area contributed by atoms with Gasteiger partial charge >= 0.3 is 5.97 Å². The molecule has 124 valence electrons. The topological polar surface area (TPSA) is 70.1 Å². The van der Waals surface area contributed by atoms with E-state index in [9.17, 15) is 9.90 Å². The minimum Gasteiger partial charge on any atom is -0.481 e. The van der Waals surface area contributed by atoms with Crippen molar-refractivity contribution < 1.29 is 19.7 Å². The van der Waals surface area contributed by atoms with E-state index in [2.05, 4.69) is 19.1 Å². The van der Waals surface area contributed by atoms with E-state index in [0.717, 1.165) is 32.1 Å². The number of aliphatic carboxylic acids is 1. The summed E-state index contributed by atoms with van der Waals surface area (Å²) in [6.45, 7) is 2.06. The van der Waals surface area contributed by atoms with Crippen molar-refractivity contribution in [1.82, 2.24) is 0 Å². The number of fused-ring (bicyclic) bond motifs is 1. The number of hydrogen-bond donors (Lipinski definition) is 2. The first-order valence-corrected chi connectivity index (χ1v) is 8.83. The highest BCUT2D eigenvalue weighted by atomic mass is 16.6. The molecule has 0 radical (unpaired) electrons. The third kappa shape index (κ3) is 3.54. The molecule has 3 rings (SSSR count). The molecule has 0 bridgehead atoms. The molecule has 0 spiro atoms. The number of unbranched alkanes of at least 4 members (excludes halogenated alkanes) is 2. The lowest BCUT2D eigenvalue weighted by Gasteiger charge is -2.20. The molecule has 1 heterocycles. The number of rotatable bonds is 9. The van der Waals surface area contributed by atoms with E-state index >= 15 is 0 Å². The summed E-state index contributed by atoms with van der Waals surface area (Å²) in [6, 6.07) is 0. The summed E-state index contributed by atoms with van der Waals surface area (Å²) in [5.41, 5.74) is 0. The third-order valence-corrected chi connectivity index (χ3v) is 5.72. The van der Waals surface area contributed by atoms with Crippen molar-refractivity contribution in [2.75, 3.05) is 0 Å². The third-order valence-electron chi connectivity index (χ3n) is 5.72. The second-order valence-corrected chi connectivity index (χ2v) is 7.22. The standard InChI is InChI=1S/C18H28O4/c1-2-15(19)14-9-12(14)13-10-16-18(22-16)11(13)7-5-3-4-6-8-17(20)21/h5,7,11-16,18-19H,2-4,6,8-10H2,1H3,(H,20,21). The summed E-state index contributed by atoms with van der Waals surface area (Å²) < 4.78 is 5.71. The molecule has 7 unspecified atom stereocenters. The molecule has 0 aromatic carbocycles. The molecule has 1 aliphatic heterocycles. The fourth-order valence-corrected chi connectivity index (χ4v) is 4.33. The van der Waals surface area contributed by atoms with Gasteiger partial charge in [0.2, 0.25) is 0 Å². The van der Waals surface area contributed by atoms with Gasteiger partial charge in [0.1, 0.15) is 0 Å². The number of carboxylic acids is 1. The predicted molar refractivity (Wildman–Crippen MR) is 83.4 cm³/mol. The SMILES string of the molecule is CCC(O)C1CC1C1CC2OC2C1C=CCCCCC(=O)O. The molecule has 1 saturated heterocycles. The van der Waals surface area contributed by atoms with E-state index in [1.807, 2.05) is 0 Å². The first-order valence-electron chi connectivity index (χ1n) is 8.83. The van der Waals surface area contributed by atoms with Crippen molar-refractivity contribution in [2.45, 2.75) is 70.2 Å². The van der Waals surface area contributed by atoms with Gasteiger partial charge in [0.05, 0.1) is 18.3 Å². The van der Waals surface area contributed by atoms with Crippen molar-refractivity contribution >= 4 is 5.97 Å². The second kappa shape index (κ2) is 6.71. The maximum absolute atomic E-state index is 10.5. The average Bonchev–Trinajstić information content (AvgIpc) is 3.39. The smallest absolute Gasteiger partial charge is 0.303 e. The van der Waals surface area contributed by atoms with E-state index < -0.39 is 5.97 Å². The summed E-state index contributed by atoms with van der Waals surface area (Å²) in [5, 5.41) is 18.6. The van der Waals surface area contributed by atoms with Crippen molar-refractivity contribution in [3.05, 3.63) is 12.2 Å². The molecule has 2 N–H and O–H groups in total. The highest BCUT2D eigenvalue weighted by Crippen LogP contribution is 2.59. The Morgan fingerprint density at radius 2 is 2.14 bits per heavy atom. The van der Waals surface area contributed by atoms with Gasteiger partial charge in [-0.25, -0.2) is 0 Å². The molecule has 0 aromatic rings. The molecule has 4 nitrogen and oxygen atoms in total. The van der Waals surface area contributed by atoms with Gasteiger partial charge in [0, 0.05) is 12.3 Å². The van der Waals surface area contributed by atoms with Crippen LogP contribution in [0.4, 0.5) is 0 Å². The van der Waals surface area contributed by atoms with Gasteiger partial charge in [0.25, 0.3) is 0 Å². The quantitative estimate of drug-likeness (QED) is 0.390. The largest absolute Gasteiger partial charge is 0.481 e. The van der Waals surface area contributed by atoms with Gasteiger partial charge in [-0.05, 0) is 56.3 Å². The van der Waals surface area contributed by atoms with Crippen molar-refractivity contribution in [1.29, 1.82) is 0 Å². The van der Waals surface area contributed by atoms with E-state index in [1.165, 1.54) is 6.42 Å². The van der Waals surface area contributed by atoms with Crippen molar-refractivity contribution in [2.24, 2.45) is 23.7 Å². The van der Waals surface area contributed by atoms with Crippen molar-refractivity contribution in [3.8, 4) is 0 Å². The lowest BCUT2D eigenvalue weighted by Crippen LogP contribution is -2.19. The Morgan fingerprint density at radius 3 is 2.86 bits per heavy atom. The van der Waals surface area contributed by atoms with Gasteiger partial charge in [-0.15, -0.1) is 0 Å². The normalized spacial score (nSPS) is 40.6. The first kappa shape index (κ1) is 16.0. The minimum atomic E-state index is -0.705. The molecular weight excluding hydrogens is 280 g/mol. The Morgan fingerprint density at radius 1 is 1.32 bits per heavy atom. The first-order chi connectivity index (χ1) is 10.6. The zero-order valence-electron chi connectivity index (χ0n) is 13.4. The zero-order valence-corrected chi connectivity index (χ0v) is 13.4. The summed E-state index contributed by atoms with van der Waals surface area (Å²) >= 11 is 0. The summed E-state index contributed by atoms with van der Waals surface area (Å²) in [4.78, 5) is 10.5. The van der Waals surface area contributed by atoms with Gasteiger partial charge < -0.3 is 14.9 Å². The number of hydrogen-bond acceptors (Lipinski definition) is 3. The van der Waals surface area contributed by atoms with E-state index in [4.69, 9.17) is 9.84 Å². The molecule has 2 saturated carbocycles. The molecular formula is C18H28O4. The van der Waals surface area contributed by atoms with Gasteiger partial charge in [-0.1, -0.05) is 19.1 Å². The Labute approximate surface area is 132 Å². The number of carboxylic acid groups (broad SMARTS) is 1. The van der Waals surface area contributed by atoms with Crippen LogP contribution in [-0.4, -0.2) is 34.5 Å². The number of ether oxygens (including phenoxy) is 1. The molecule has 0 aromatic heterocycles. The zero-order chi connectivity index (χ0) is 15.7. The molecule has 4 heteroatoms. The average molecular weight is 308 g/mol. The fourth-order valence-electron chi connectivity index (χ4n) is 4.33. The van der Waals surface area contributed by atoms with Crippen LogP contribution < -0.4 is 0 Å². The Hall–Kier alpha value is -0.870.